The van der Waals surface area contributed by atoms with Gasteiger partial charge in [0.15, 0.2) is 0 Å². The summed E-state index contributed by atoms with van der Waals surface area (Å²) in [6, 6.07) is 6.35. The van der Waals surface area contributed by atoms with Crippen molar-refractivity contribution in [3.63, 3.8) is 0 Å². The molecule has 1 N–H and O–H groups in total. The summed E-state index contributed by atoms with van der Waals surface area (Å²) in [4.78, 5) is 6.09. The van der Waals surface area contributed by atoms with Gasteiger partial charge < -0.3 is 10.1 Å². The third kappa shape index (κ3) is 2.91. The molecule has 2 heterocycles. The average molecular weight is 302 g/mol. The van der Waals surface area contributed by atoms with Crippen LogP contribution in [0.3, 0.4) is 0 Å². The van der Waals surface area contributed by atoms with Gasteiger partial charge in [-0.25, -0.2) is 4.98 Å². The molecular formula is C17H22N2OS. The lowest BCUT2D eigenvalue weighted by Crippen LogP contribution is -2.29. The first-order chi connectivity index (χ1) is 10.2. The van der Waals surface area contributed by atoms with Gasteiger partial charge in [0.25, 0.3) is 0 Å². The number of nitrogens with zero attached hydrogens (tertiary/aromatic N) is 1. The molecule has 21 heavy (non-hydrogen) atoms. The van der Waals surface area contributed by atoms with Crippen molar-refractivity contribution in [3.05, 3.63) is 28.1 Å². The molecule has 1 aliphatic rings. The van der Waals surface area contributed by atoms with E-state index in [1.807, 2.05) is 11.3 Å². The van der Waals surface area contributed by atoms with Gasteiger partial charge >= 0.3 is 0 Å². The second kappa shape index (κ2) is 6.06. The third-order valence-electron chi connectivity index (χ3n) is 3.83. The fourth-order valence-electron chi connectivity index (χ4n) is 2.63. The maximum atomic E-state index is 5.97. The number of hydrogen-bond acceptors (Lipinski definition) is 4. The van der Waals surface area contributed by atoms with Crippen molar-refractivity contribution >= 4 is 17.0 Å². The highest BCUT2D eigenvalue weighted by atomic mass is 32.1. The smallest absolute Gasteiger partial charge is 0.142 e. The maximum absolute atomic E-state index is 5.97. The largest absolute Gasteiger partial charge is 0.486 e. The maximum Gasteiger partial charge on any atom is 0.142 e. The van der Waals surface area contributed by atoms with Crippen LogP contribution in [0.15, 0.2) is 18.2 Å². The van der Waals surface area contributed by atoms with E-state index >= 15 is 0 Å². The van der Waals surface area contributed by atoms with Crippen molar-refractivity contribution in [3.8, 4) is 17.0 Å². The Hall–Kier alpha value is -1.55. The zero-order valence-corrected chi connectivity index (χ0v) is 13.7. The molecule has 0 radical (unpaired) electrons. The number of hydrogen-bond donors (Lipinski definition) is 1. The first-order valence-corrected chi connectivity index (χ1v) is 8.54. The Kier molecular flexibility index (Phi) is 4.15. The molecule has 1 atom stereocenters. The second-order valence-corrected chi connectivity index (χ2v) is 6.79. The van der Waals surface area contributed by atoms with Gasteiger partial charge in [-0.1, -0.05) is 13.8 Å². The fourth-order valence-corrected chi connectivity index (χ4v) is 3.69. The van der Waals surface area contributed by atoms with Gasteiger partial charge in [0.05, 0.1) is 22.9 Å². The molecule has 0 bridgehead atoms. The van der Waals surface area contributed by atoms with Crippen LogP contribution in [-0.4, -0.2) is 17.6 Å². The van der Waals surface area contributed by atoms with E-state index in [2.05, 4.69) is 44.3 Å². The SMILES string of the molecule is CCCc1nc(-c2ccc3c(c2)NCC(CC)O3)c(C)s1. The van der Waals surface area contributed by atoms with Crippen LogP contribution in [0.5, 0.6) is 5.75 Å². The van der Waals surface area contributed by atoms with Crippen LogP contribution in [0, 0.1) is 6.92 Å². The Morgan fingerprint density at radius 3 is 3.00 bits per heavy atom. The van der Waals surface area contributed by atoms with Crippen molar-refractivity contribution in [1.29, 1.82) is 0 Å². The molecule has 3 rings (SSSR count). The molecule has 112 valence electrons. The number of rotatable bonds is 4. The first-order valence-electron chi connectivity index (χ1n) is 7.72. The van der Waals surface area contributed by atoms with Crippen LogP contribution in [0.1, 0.15) is 36.6 Å². The number of anilines is 1. The first kappa shape index (κ1) is 14.4. The van der Waals surface area contributed by atoms with Crippen LogP contribution in [0.2, 0.25) is 0 Å². The molecule has 1 unspecified atom stereocenters. The van der Waals surface area contributed by atoms with Crippen LogP contribution >= 0.6 is 11.3 Å². The summed E-state index contributed by atoms with van der Waals surface area (Å²) in [6.45, 7) is 7.38. The molecule has 4 heteroatoms. The van der Waals surface area contributed by atoms with E-state index in [1.165, 1.54) is 15.4 Å². The Morgan fingerprint density at radius 1 is 1.38 bits per heavy atom. The predicted molar refractivity (Wildman–Crippen MR) is 89.5 cm³/mol. The van der Waals surface area contributed by atoms with E-state index < -0.39 is 0 Å². The molecule has 2 aromatic rings. The fraction of sp³-hybridized carbons (Fsp3) is 0.471. The van der Waals surface area contributed by atoms with E-state index in [1.54, 1.807) is 0 Å². The predicted octanol–water partition coefficient (Wildman–Crippen LogP) is 4.65. The second-order valence-electron chi connectivity index (χ2n) is 5.50. The zero-order valence-electron chi connectivity index (χ0n) is 12.9. The van der Waals surface area contributed by atoms with Gasteiger partial charge in [0, 0.05) is 10.4 Å². The molecule has 0 fully saturated rings. The summed E-state index contributed by atoms with van der Waals surface area (Å²) < 4.78 is 5.97. The summed E-state index contributed by atoms with van der Waals surface area (Å²) in [5, 5.41) is 4.71. The van der Waals surface area contributed by atoms with E-state index in [0.717, 1.165) is 42.9 Å². The molecule has 1 aliphatic heterocycles. The number of nitrogens with one attached hydrogen (secondary N) is 1. The highest BCUT2D eigenvalue weighted by Crippen LogP contribution is 2.36. The van der Waals surface area contributed by atoms with Gasteiger partial charge in [-0.15, -0.1) is 11.3 Å². The minimum atomic E-state index is 0.278. The zero-order chi connectivity index (χ0) is 14.8. The lowest BCUT2D eigenvalue weighted by atomic mass is 10.1. The van der Waals surface area contributed by atoms with Crippen molar-refractivity contribution in [2.45, 2.75) is 46.1 Å². The molecule has 0 aliphatic carbocycles. The lowest BCUT2D eigenvalue weighted by molar-refractivity contribution is 0.202. The standard InChI is InChI=1S/C17H22N2OS/c1-4-6-16-19-17(11(3)21-16)12-7-8-15-14(9-12)18-10-13(5-2)20-15/h7-9,13,18H,4-6,10H2,1-3H3. The van der Waals surface area contributed by atoms with Crippen molar-refractivity contribution < 1.29 is 4.74 Å². The molecule has 0 saturated carbocycles. The van der Waals surface area contributed by atoms with E-state index in [-0.39, 0.29) is 6.10 Å². The van der Waals surface area contributed by atoms with Gasteiger partial charge in [-0.3, -0.25) is 0 Å². The van der Waals surface area contributed by atoms with Crippen LogP contribution in [0.25, 0.3) is 11.3 Å². The van der Waals surface area contributed by atoms with Crippen molar-refractivity contribution in [1.82, 2.24) is 4.98 Å². The van der Waals surface area contributed by atoms with Crippen LogP contribution in [-0.2, 0) is 6.42 Å². The topological polar surface area (TPSA) is 34.2 Å². The number of ether oxygens (including phenoxy) is 1. The number of aromatic nitrogens is 1. The highest BCUT2D eigenvalue weighted by molar-refractivity contribution is 7.12. The van der Waals surface area contributed by atoms with Gasteiger partial charge in [0.1, 0.15) is 11.9 Å². The minimum absolute atomic E-state index is 0.278. The quantitative estimate of drug-likeness (QED) is 0.892. The molecule has 0 spiro atoms. The minimum Gasteiger partial charge on any atom is -0.486 e. The summed E-state index contributed by atoms with van der Waals surface area (Å²) in [6.07, 6.45) is 3.51. The van der Waals surface area contributed by atoms with Gasteiger partial charge in [-0.05, 0) is 44.4 Å². The summed E-state index contributed by atoms with van der Waals surface area (Å²) in [5.74, 6) is 0.957. The summed E-state index contributed by atoms with van der Waals surface area (Å²) >= 11 is 1.81. The molecular weight excluding hydrogens is 280 g/mol. The highest BCUT2D eigenvalue weighted by Gasteiger charge is 2.19. The number of thiazole rings is 1. The van der Waals surface area contributed by atoms with Crippen molar-refractivity contribution in [2.75, 3.05) is 11.9 Å². The Bertz CT molecular complexity index is 636. The van der Waals surface area contributed by atoms with E-state index in [9.17, 15) is 0 Å². The Labute approximate surface area is 130 Å². The summed E-state index contributed by atoms with van der Waals surface area (Å²) in [7, 11) is 0. The van der Waals surface area contributed by atoms with Crippen molar-refractivity contribution in [2.24, 2.45) is 0 Å². The average Bonchev–Trinajstić information content (AvgIpc) is 2.87. The number of fused-ring (bicyclic) bond motifs is 1. The lowest BCUT2D eigenvalue weighted by Gasteiger charge is -2.26. The molecule has 0 amide bonds. The molecule has 3 nitrogen and oxygen atoms in total. The van der Waals surface area contributed by atoms with Crippen LogP contribution < -0.4 is 10.1 Å². The molecule has 1 aromatic carbocycles. The van der Waals surface area contributed by atoms with Gasteiger partial charge in [-0.2, -0.15) is 0 Å². The monoisotopic (exact) mass is 302 g/mol. The molecule has 1 aromatic heterocycles. The molecule has 0 saturated heterocycles. The number of benzene rings is 1. The summed E-state index contributed by atoms with van der Waals surface area (Å²) in [5.41, 5.74) is 3.38. The van der Waals surface area contributed by atoms with Crippen LogP contribution in [0.4, 0.5) is 5.69 Å². The van der Waals surface area contributed by atoms with Gasteiger partial charge in [0.2, 0.25) is 0 Å². The number of aryl methyl sites for hydroxylation is 2. The normalized spacial score (nSPS) is 17.0. The van der Waals surface area contributed by atoms with E-state index in [0.29, 0.717) is 0 Å². The Morgan fingerprint density at radius 2 is 2.24 bits per heavy atom. The third-order valence-corrected chi connectivity index (χ3v) is 4.86. The Balaban J connectivity index is 1.90. The van der Waals surface area contributed by atoms with E-state index in [4.69, 9.17) is 9.72 Å².